The molecule has 7 nitrogen and oxygen atoms in total. The van der Waals surface area contributed by atoms with Gasteiger partial charge in [0.2, 0.25) is 0 Å². The van der Waals surface area contributed by atoms with Crippen LogP contribution in [-0.2, 0) is 16.1 Å². The smallest absolute Gasteiger partial charge is 0.313 e. The molecule has 2 aromatic rings. The summed E-state index contributed by atoms with van der Waals surface area (Å²) in [5.74, 6) is 1.54. The standard InChI is InChI=1S/C21H27N5O2/c1-3-26-12-22-25-19(26)16-5-4-6-17(11-16)24-21(28)20(27)23-13(2)18-10-14-7-8-15(18)9-14/h4-6,11-15,18H,3,7-10H2,1-2H3,(H,23,27)(H,24,28). The van der Waals surface area contributed by atoms with Gasteiger partial charge in [0.25, 0.3) is 0 Å². The Kier molecular flexibility index (Phi) is 5.15. The molecule has 148 valence electrons. The summed E-state index contributed by atoms with van der Waals surface area (Å²) in [5.41, 5.74) is 1.41. The minimum absolute atomic E-state index is 0.0305. The first-order valence-corrected chi connectivity index (χ1v) is 10.1. The van der Waals surface area contributed by atoms with Gasteiger partial charge >= 0.3 is 11.8 Å². The summed E-state index contributed by atoms with van der Waals surface area (Å²) in [4.78, 5) is 24.8. The Morgan fingerprint density at radius 1 is 1.25 bits per heavy atom. The minimum atomic E-state index is -0.635. The van der Waals surface area contributed by atoms with Crippen molar-refractivity contribution in [2.24, 2.45) is 17.8 Å². The van der Waals surface area contributed by atoms with Crippen LogP contribution in [0, 0.1) is 17.8 Å². The largest absolute Gasteiger partial charge is 0.345 e. The Balaban J connectivity index is 1.38. The van der Waals surface area contributed by atoms with Crippen LogP contribution in [0.5, 0.6) is 0 Å². The van der Waals surface area contributed by atoms with Gasteiger partial charge in [-0.1, -0.05) is 18.6 Å². The van der Waals surface area contributed by atoms with E-state index in [1.54, 1.807) is 18.5 Å². The van der Waals surface area contributed by atoms with E-state index in [4.69, 9.17) is 0 Å². The number of hydrogen-bond donors (Lipinski definition) is 2. The summed E-state index contributed by atoms with van der Waals surface area (Å²) in [7, 11) is 0. The predicted octanol–water partition coefficient (Wildman–Crippen LogP) is 2.84. The fourth-order valence-electron chi connectivity index (χ4n) is 4.92. The lowest BCUT2D eigenvalue weighted by atomic mass is 9.84. The molecule has 2 fully saturated rings. The highest BCUT2D eigenvalue weighted by Crippen LogP contribution is 2.49. The molecule has 4 rings (SSSR count). The number of anilines is 1. The molecule has 7 heteroatoms. The van der Waals surface area contributed by atoms with Gasteiger partial charge in [0, 0.05) is 23.8 Å². The van der Waals surface area contributed by atoms with E-state index in [1.165, 1.54) is 25.7 Å². The Morgan fingerprint density at radius 3 is 2.82 bits per heavy atom. The average Bonchev–Trinajstić information content (AvgIpc) is 3.44. The van der Waals surface area contributed by atoms with Crippen LogP contribution < -0.4 is 10.6 Å². The number of nitrogens with one attached hydrogen (secondary N) is 2. The molecular formula is C21H27N5O2. The number of amides is 2. The molecule has 28 heavy (non-hydrogen) atoms. The van der Waals surface area contributed by atoms with Gasteiger partial charge in [-0.25, -0.2) is 0 Å². The van der Waals surface area contributed by atoms with E-state index in [0.717, 1.165) is 23.9 Å². The van der Waals surface area contributed by atoms with E-state index in [1.807, 2.05) is 30.5 Å². The van der Waals surface area contributed by atoms with Gasteiger partial charge in [0.15, 0.2) is 5.82 Å². The van der Waals surface area contributed by atoms with Crippen molar-refractivity contribution in [2.45, 2.75) is 52.1 Å². The first-order chi connectivity index (χ1) is 13.5. The molecule has 0 spiro atoms. The molecule has 2 bridgehead atoms. The average molecular weight is 381 g/mol. The van der Waals surface area contributed by atoms with Crippen LogP contribution in [0.1, 0.15) is 39.5 Å². The number of fused-ring (bicyclic) bond motifs is 2. The number of hydrogen-bond acceptors (Lipinski definition) is 4. The Hall–Kier alpha value is -2.70. The highest BCUT2D eigenvalue weighted by Gasteiger charge is 2.42. The van der Waals surface area contributed by atoms with Crippen molar-refractivity contribution in [3.63, 3.8) is 0 Å². The van der Waals surface area contributed by atoms with E-state index in [9.17, 15) is 9.59 Å². The van der Waals surface area contributed by atoms with Crippen molar-refractivity contribution in [3.8, 4) is 11.4 Å². The maximum absolute atomic E-state index is 12.4. The third-order valence-corrected chi connectivity index (χ3v) is 6.33. The van der Waals surface area contributed by atoms with E-state index in [0.29, 0.717) is 17.5 Å². The van der Waals surface area contributed by atoms with Gasteiger partial charge in [-0.15, -0.1) is 10.2 Å². The molecule has 0 radical (unpaired) electrons. The molecule has 4 atom stereocenters. The molecule has 1 aromatic carbocycles. The van der Waals surface area contributed by atoms with Gasteiger partial charge in [0.05, 0.1) is 0 Å². The molecule has 1 heterocycles. The zero-order chi connectivity index (χ0) is 19.7. The quantitative estimate of drug-likeness (QED) is 0.780. The summed E-state index contributed by atoms with van der Waals surface area (Å²) in [6.45, 7) is 4.79. The summed E-state index contributed by atoms with van der Waals surface area (Å²) in [6, 6.07) is 7.34. The van der Waals surface area contributed by atoms with Crippen molar-refractivity contribution >= 4 is 17.5 Å². The zero-order valence-electron chi connectivity index (χ0n) is 16.4. The molecular weight excluding hydrogens is 354 g/mol. The second-order valence-electron chi connectivity index (χ2n) is 8.08. The lowest BCUT2D eigenvalue weighted by Crippen LogP contribution is -2.45. The fourth-order valence-corrected chi connectivity index (χ4v) is 4.92. The molecule has 2 aliphatic carbocycles. The normalized spacial score (nSPS) is 24.1. The number of carbonyl (C=O) groups excluding carboxylic acids is 2. The molecule has 1 aromatic heterocycles. The van der Waals surface area contributed by atoms with Crippen molar-refractivity contribution < 1.29 is 9.59 Å². The summed E-state index contributed by atoms with van der Waals surface area (Å²) in [6.07, 6.45) is 6.71. The first kappa shape index (κ1) is 18.7. The van der Waals surface area contributed by atoms with Crippen LogP contribution in [-0.4, -0.2) is 32.6 Å². The Bertz CT molecular complexity index is 877. The fraction of sp³-hybridized carbons (Fsp3) is 0.524. The van der Waals surface area contributed by atoms with E-state index in [-0.39, 0.29) is 6.04 Å². The number of aryl methyl sites for hydroxylation is 1. The zero-order valence-corrected chi connectivity index (χ0v) is 16.4. The molecule has 2 amide bonds. The van der Waals surface area contributed by atoms with Crippen molar-refractivity contribution in [1.82, 2.24) is 20.1 Å². The highest BCUT2D eigenvalue weighted by molar-refractivity contribution is 6.39. The van der Waals surface area contributed by atoms with Crippen LogP contribution in [0.25, 0.3) is 11.4 Å². The first-order valence-electron chi connectivity index (χ1n) is 10.1. The lowest BCUT2D eigenvalue weighted by molar-refractivity contribution is -0.136. The van der Waals surface area contributed by atoms with Crippen molar-refractivity contribution in [3.05, 3.63) is 30.6 Å². The van der Waals surface area contributed by atoms with Crippen LogP contribution in [0.15, 0.2) is 30.6 Å². The predicted molar refractivity (Wildman–Crippen MR) is 106 cm³/mol. The van der Waals surface area contributed by atoms with Crippen molar-refractivity contribution in [2.75, 3.05) is 5.32 Å². The molecule has 2 N–H and O–H groups in total. The third kappa shape index (κ3) is 3.66. The SMILES string of the molecule is CCn1cnnc1-c1cccc(NC(=O)C(=O)NC(C)C2CC3CCC2C3)c1. The molecule has 2 aliphatic rings. The maximum Gasteiger partial charge on any atom is 0.313 e. The van der Waals surface area contributed by atoms with Crippen LogP contribution in [0.3, 0.4) is 0 Å². The van der Waals surface area contributed by atoms with Crippen LogP contribution >= 0.6 is 0 Å². The van der Waals surface area contributed by atoms with Gasteiger partial charge < -0.3 is 15.2 Å². The lowest BCUT2D eigenvalue weighted by Gasteiger charge is -2.28. The minimum Gasteiger partial charge on any atom is -0.345 e. The summed E-state index contributed by atoms with van der Waals surface area (Å²) >= 11 is 0. The maximum atomic E-state index is 12.4. The molecule has 0 saturated heterocycles. The van der Waals surface area contributed by atoms with Crippen LogP contribution in [0.2, 0.25) is 0 Å². The second-order valence-corrected chi connectivity index (χ2v) is 8.08. The van der Waals surface area contributed by atoms with Gasteiger partial charge in [-0.2, -0.15) is 0 Å². The molecule has 0 aliphatic heterocycles. The van der Waals surface area contributed by atoms with Gasteiger partial charge in [0.1, 0.15) is 6.33 Å². The van der Waals surface area contributed by atoms with Crippen molar-refractivity contribution in [1.29, 1.82) is 0 Å². The number of rotatable bonds is 5. The number of benzene rings is 1. The molecule has 4 unspecified atom stereocenters. The van der Waals surface area contributed by atoms with E-state index < -0.39 is 11.8 Å². The van der Waals surface area contributed by atoms with Gasteiger partial charge in [-0.05, 0) is 63.0 Å². The Labute approximate surface area is 164 Å². The number of carbonyl (C=O) groups is 2. The topological polar surface area (TPSA) is 88.9 Å². The van der Waals surface area contributed by atoms with Gasteiger partial charge in [-0.3, -0.25) is 9.59 Å². The van der Waals surface area contributed by atoms with Crippen LogP contribution in [0.4, 0.5) is 5.69 Å². The monoisotopic (exact) mass is 381 g/mol. The molecule has 2 saturated carbocycles. The Morgan fingerprint density at radius 2 is 2.11 bits per heavy atom. The third-order valence-electron chi connectivity index (χ3n) is 6.33. The van der Waals surface area contributed by atoms with E-state index in [2.05, 4.69) is 20.8 Å². The second kappa shape index (κ2) is 7.73. The highest BCUT2D eigenvalue weighted by atomic mass is 16.2. The number of nitrogens with zero attached hydrogens (tertiary/aromatic N) is 3. The number of aromatic nitrogens is 3. The summed E-state index contributed by atoms with van der Waals surface area (Å²) < 4.78 is 1.92. The van der Waals surface area contributed by atoms with E-state index >= 15 is 0 Å². The summed E-state index contributed by atoms with van der Waals surface area (Å²) in [5, 5.41) is 13.7.